The van der Waals surface area contributed by atoms with Crippen molar-refractivity contribution < 1.29 is 18.4 Å². The van der Waals surface area contributed by atoms with Crippen LogP contribution >= 0.6 is 0 Å². The normalized spacial score (nSPS) is 19.2. The van der Waals surface area contributed by atoms with Crippen molar-refractivity contribution in [3.63, 3.8) is 0 Å². The van der Waals surface area contributed by atoms with Crippen molar-refractivity contribution in [1.82, 2.24) is 15.0 Å². The average molecular weight is 395 g/mol. The van der Waals surface area contributed by atoms with E-state index in [0.717, 1.165) is 12.8 Å². The van der Waals surface area contributed by atoms with Gasteiger partial charge in [-0.1, -0.05) is 30.3 Å². The second-order valence-electron chi connectivity index (χ2n) is 7.51. The van der Waals surface area contributed by atoms with E-state index < -0.39 is 5.41 Å². The van der Waals surface area contributed by atoms with E-state index in [1.54, 1.807) is 17.0 Å². The van der Waals surface area contributed by atoms with Crippen molar-refractivity contribution in [2.75, 3.05) is 19.7 Å². The monoisotopic (exact) mass is 395 g/mol. The number of carbonyl (C=O) groups is 1. The number of benzene rings is 2. The van der Waals surface area contributed by atoms with Gasteiger partial charge in [-0.05, 0) is 49.2 Å². The molecular formula is C22H22FN3O3. The third kappa shape index (κ3) is 4.29. The fourth-order valence-electron chi connectivity index (χ4n) is 3.57. The van der Waals surface area contributed by atoms with Gasteiger partial charge >= 0.3 is 0 Å². The van der Waals surface area contributed by atoms with Crippen LogP contribution in [0.4, 0.5) is 4.39 Å². The highest BCUT2D eigenvalue weighted by Gasteiger charge is 2.38. The van der Waals surface area contributed by atoms with Crippen LogP contribution in [0, 0.1) is 5.82 Å². The topological polar surface area (TPSA) is 68.5 Å². The van der Waals surface area contributed by atoms with E-state index in [9.17, 15) is 9.18 Å². The summed E-state index contributed by atoms with van der Waals surface area (Å²) in [6, 6.07) is 15.2. The summed E-state index contributed by atoms with van der Waals surface area (Å²) < 4.78 is 24.1. The Morgan fingerprint density at radius 3 is 2.72 bits per heavy atom. The fraction of sp³-hybridized carbons (Fsp3) is 0.318. The molecule has 1 unspecified atom stereocenters. The lowest BCUT2D eigenvalue weighted by molar-refractivity contribution is -0.135. The molecule has 3 aromatic rings. The third-order valence-electron chi connectivity index (χ3n) is 5.21. The summed E-state index contributed by atoms with van der Waals surface area (Å²) >= 11 is 0. The SMILES string of the molecule is CC1(c2noc(-c3ccc(F)cc3)n2)CCCN(C(=O)COc2ccccc2)C1. The first-order valence-corrected chi connectivity index (χ1v) is 9.59. The van der Waals surface area contributed by atoms with E-state index in [-0.39, 0.29) is 18.3 Å². The summed E-state index contributed by atoms with van der Waals surface area (Å²) in [7, 11) is 0. The molecule has 7 heteroatoms. The number of ether oxygens (including phenoxy) is 1. The maximum atomic E-state index is 13.1. The number of piperidine rings is 1. The molecule has 0 bridgehead atoms. The van der Waals surface area contributed by atoms with Crippen LogP contribution in [0.3, 0.4) is 0 Å². The molecule has 2 aromatic carbocycles. The standard InChI is InChI=1S/C22H22FN3O3/c1-22(21-24-20(29-25-21)16-8-10-17(23)11-9-16)12-5-13-26(15-22)19(27)14-28-18-6-3-2-4-7-18/h2-4,6-11H,5,12-15H2,1H3. The molecular weight excluding hydrogens is 373 g/mol. The summed E-state index contributed by atoms with van der Waals surface area (Å²) in [6.07, 6.45) is 1.69. The lowest BCUT2D eigenvalue weighted by atomic mass is 9.81. The second kappa shape index (κ2) is 8.03. The Morgan fingerprint density at radius 1 is 1.21 bits per heavy atom. The molecule has 0 radical (unpaired) electrons. The van der Waals surface area contributed by atoms with Gasteiger partial charge in [-0.2, -0.15) is 4.98 Å². The highest BCUT2D eigenvalue weighted by Crippen LogP contribution is 2.33. The van der Waals surface area contributed by atoms with Crippen molar-refractivity contribution in [2.24, 2.45) is 0 Å². The number of amides is 1. The summed E-state index contributed by atoms with van der Waals surface area (Å²) in [4.78, 5) is 19.0. The Kier molecular flexibility index (Phi) is 5.29. The van der Waals surface area contributed by atoms with Crippen molar-refractivity contribution >= 4 is 5.91 Å². The number of carbonyl (C=O) groups excluding carboxylic acids is 1. The van der Waals surface area contributed by atoms with Gasteiger partial charge in [0.15, 0.2) is 12.4 Å². The molecule has 1 aromatic heterocycles. The van der Waals surface area contributed by atoms with Crippen LogP contribution < -0.4 is 4.74 Å². The largest absolute Gasteiger partial charge is 0.484 e. The van der Waals surface area contributed by atoms with Crippen LogP contribution in [0.25, 0.3) is 11.5 Å². The molecule has 0 saturated carbocycles. The van der Waals surface area contributed by atoms with Gasteiger partial charge in [-0.25, -0.2) is 4.39 Å². The first kappa shape index (κ1) is 19.1. The van der Waals surface area contributed by atoms with E-state index in [1.165, 1.54) is 12.1 Å². The van der Waals surface area contributed by atoms with E-state index in [4.69, 9.17) is 9.26 Å². The minimum Gasteiger partial charge on any atom is -0.484 e. The van der Waals surface area contributed by atoms with E-state index in [0.29, 0.717) is 36.1 Å². The molecule has 0 aliphatic carbocycles. The molecule has 1 saturated heterocycles. The molecule has 29 heavy (non-hydrogen) atoms. The summed E-state index contributed by atoms with van der Waals surface area (Å²) in [6.45, 7) is 3.19. The van der Waals surface area contributed by atoms with Crippen LogP contribution in [0.1, 0.15) is 25.6 Å². The maximum absolute atomic E-state index is 13.1. The number of rotatable bonds is 5. The van der Waals surface area contributed by atoms with Gasteiger partial charge in [0.05, 0.1) is 0 Å². The van der Waals surface area contributed by atoms with Crippen molar-refractivity contribution in [2.45, 2.75) is 25.2 Å². The Morgan fingerprint density at radius 2 is 1.97 bits per heavy atom. The molecule has 6 nitrogen and oxygen atoms in total. The smallest absolute Gasteiger partial charge is 0.260 e. The first-order chi connectivity index (χ1) is 14.0. The van der Waals surface area contributed by atoms with Crippen molar-refractivity contribution in [1.29, 1.82) is 0 Å². The Balaban J connectivity index is 1.44. The van der Waals surface area contributed by atoms with Crippen molar-refractivity contribution in [3.8, 4) is 17.2 Å². The minimum absolute atomic E-state index is 0.00678. The van der Waals surface area contributed by atoms with Gasteiger partial charge in [0.1, 0.15) is 11.6 Å². The average Bonchev–Trinajstić information content (AvgIpc) is 3.25. The number of halogens is 1. The number of nitrogens with zero attached hydrogens (tertiary/aromatic N) is 3. The Labute approximate surface area is 168 Å². The Bertz CT molecular complexity index is 974. The number of hydrogen-bond acceptors (Lipinski definition) is 5. The molecule has 150 valence electrons. The zero-order chi connectivity index (χ0) is 20.3. The van der Waals surface area contributed by atoms with Crippen LogP contribution in [0.2, 0.25) is 0 Å². The Hall–Kier alpha value is -3.22. The molecule has 1 aliphatic rings. The van der Waals surface area contributed by atoms with Crippen molar-refractivity contribution in [3.05, 3.63) is 66.2 Å². The lowest BCUT2D eigenvalue weighted by Gasteiger charge is -2.38. The number of aromatic nitrogens is 2. The summed E-state index contributed by atoms with van der Waals surface area (Å²) in [5.74, 6) is 1.18. The van der Waals surface area contributed by atoms with Crippen LogP contribution in [0.5, 0.6) is 5.75 Å². The zero-order valence-electron chi connectivity index (χ0n) is 16.2. The molecule has 1 aliphatic heterocycles. The molecule has 4 rings (SSSR count). The predicted molar refractivity (Wildman–Crippen MR) is 105 cm³/mol. The molecule has 0 N–H and O–H groups in total. The molecule has 2 heterocycles. The highest BCUT2D eigenvalue weighted by molar-refractivity contribution is 5.78. The number of hydrogen-bond donors (Lipinski definition) is 0. The molecule has 1 amide bonds. The van der Waals surface area contributed by atoms with E-state index in [2.05, 4.69) is 10.1 Å². The van der Waals surface area contributed by atoms with Gasteiger partial charge in [-0.3, -0.25) is 4.79 Å². The minimum atomic E-state index is -0.414. The third-order valence-corrected chi connectivity index (χ3v) is 5.21. The highest BCUT2D eigenvalue weighted by atomic mass is 19.1. The van der Waals surface area contributed by atoms with Gasteiger partial charge in [0.25, 0.3) is 11.8 Å². The van der Waals surface area contributed by atoms with Gasteiger partial charge in [0, 0.05) is 24.1 Å². The number of para-hydroxylation sites is 1. The maximum Gasteiger partial charge on any atom is 0.260 e. The molecule has 0 spiro atoms. The van der Waals surface area contributed by atoms with E-state index >= 15 is 0 Å². The molecule has 1 atom stereocenters. The van der Waals surface area contributed by atoms with Crippen LogP contribution in [-0.2, 0) is 10.2 Å². The lowest BCUT2D eigenvalue weighted by Crippen LogP contribution is -2.48. The fourth-order valence-corrected chi connectivity index (χ4v) is 3.57. The van der Waals surface area contributed by atoms with Crippen LogP contribution in [-0.4, -0.2) is 40.6 Å². The first-order valence-electron chi connectivity index (χ1n) is 9.59. The van der Waals surface area contributed by atoms with Gasteiger partial charge in [-0.15, -0.1) is 0 Å². The predicted octanol–water partition coefficient (Wildman–Crippen LogP) is 3.83. The second-order valence-corrected chi connectivity index (χ2v) is 7.51. The zero-order valence-corrected chi connectivity index (χ0v) is 16.2. The van der Waals surface area contributed by atoms with Gasteiger partial charge in [0.2, 0.25) is 0 Å². The molecule has 1 fully saturated rings. The quantitative estimate of drug-likeness (QED) is 0.657. The van der Waals surface area contributed by atoms with Crippen LogP contribution in [0.15, 0.2) is 59.1 Å². The van der Waals surface area contributed by atoms with Gasteiger partial charge < -0.3 is 14.2 Å². The van der Waals surface area contributed by atoms with E-state index in [1.807, 2.05) is 37.3 Å². The summed E-state index contributed by atoms with van der Waals surface area (Å²) in [5, 5.41) is 4.15. The summed E-state index contributed by atoms with van der Waals surface area (Å²) in [5.41, 5.74) is 0.247. The number of likely N-dealkylation sites (tertiary alicyclic amines) is 1.